The lowest BCUT2D eigenvalue weighted by molar-refractivity contribution is 0.415. The molecule has 0 spiro atoms. The Morgan fingerprint density at radius 2 is 1.86 bits per heavy atom. The molecular formula is C12H11BrO. The van der Waals surface area contributed by atoms with Crippen molar-refractivity contribution >= 4 is 26.7 Å². The van der Waals surface area contributed by atoms with Crippen LogP contribution in [0.25, 0.3) is 10.8 Å². The Kier molecular flexibility index (Phi) is 2.73. The first-order chi connectivity index (χ1) is 6.83. The zero-order valence-electron chi connectivity index (χ0n) is 7.96. The molecule has 2 aromatic rings. The van der Waals surface area contributed by atoms with E-state index in [1.165, 1.54) is 16.3 Å². The summed E-state index contributed by atoms with van der Waals surface area (Å²) >= 11 is 3.45. The summed E-state index contributed by atoms with van der Waals surface area (Å²) in [5.41, 5.74) is 1.28. The van der Waals surface area contributed by atoms with Crippen LogP contribution in [0.4, 0.5) is 0 Å². The highest BCUT2D eigenvalue weighted by Crippen LogP contribution is 2.22. The highest BCUT2D eigenvalue weighted by Gasteiger charge is 1.97. The van der Waals surface area contributed by atoms with Gasteiger partial charge in [-0.3, -0.25) is 0 Å². The second-order valence-corrected chi connectivity index (χ2v) is 3.74. The van der Waals surface area contributed by atoms with Crippen molar-refractivity contribution in [2.45, 2.75) is 5.33 Å². The van der Waals surface area contributed by atoms with Crippen LogP contribution in [0.5, 0.6) is 5.75 Å². The molecule has 0 unspecified atom stereocenters. The Balaban J connectivity index is 2.60. The summed E-state index contributed by atoms with van der Waals surface area (Å²) in [7, 11) is 1.69. The average molecular weight is 251 g/mol. The van der Waals surface area contributed by atoms with Crippen molar-refractivity contribution in [1.29, 1.82) is 0 Å². The first kappa shape index (κ1) is 9.53. The van der Waals surface area contributed by atoms with Crippen LogP contribution in [-0.4, -0.2) is 7.11 Å². The molecule has 0 saturated heterocycles. The number of alkyl halides is 1. The number of methoxy groups -OCH3 is 1. The van der Waals surface area contributed by atoms with Crippen LogP contribution in [0.1, 0.15) is 5.56 Å². The lowest BCUT2D eigenvalue weighted by Gasteiger charge is -2.03. The molecule has 0 aliphatic heterocycles. The molecule has 0 bridgehead atoms. The number of halogens is 1. The first-order valence-corrected chi connectivity index (χ1v) is 5.58. The minimum Gasteiger partial charge on any atom is -0.497 e. The van der Waals surface area contributed by atoms with Gasteiger partial charge >= 0.3 is 0 Å². The first-order valence-electron chi connectivity index (χ1n) is 4.46. The predicted molar refractivity (Wildman–Crippen MR) is 63.1 cm³/mol. The fraction of sp³-hybridized carbons (Fsp3) is 0.167. The normalized spacial score (nSPS) is 10.4. The van der Waals surface area contributed by atoms with Crippen molar-refractivity contribution < 1.29 is 4.74 Å². The summed E-state index contributed by atoms with van der Waals surface area (Å²) in [5.74, 6) is 0.907. The van der Waals surface area contributed by atoms with E-state index in [1.54, 1.807) is 7.11 Å². The molecule has 14 heavy (non-hydrogen) atoms. The van der Waals surface area contributed by atoms with Gasteiger partial charge in [-0.25, -0.2) is 0 Å². The molecule has 0 radical (unpaired) electrons. The monoisotopic (exact) mass is 250 g/mol. The molecule has 0 saturated carbocycles. The molecule has 72 valence electrons. The molecule has 0 atom stereocenters. The fourth-order valence-corrected chi connectivity index (χ4v) is 1.83. The van der Waals surface area contributed by atoms with Crippen molar-refractivity contribution in [2.75, 3.05) is 7.11 Å². The van der Waals surface area contributed by atoms with Crippen LogP contribution in [0.15, 0.2) is 36.4 Å². The molecule has 1 nitrogen and oxygen atoms in total. The number of hydrogen-bond acceptors (Lipinski definition) is 1. The second kappa shape index (κ2) is 4.01. The molecule has 2 aromatic carbocycles. The molecular weight excluding hydrogens is 240 g/mol. The van der Waals surface area contributed by atoms with Crippen LogP contribution < -0.4 is 4.74 Å². The lowest BCUT2D eigenvalue weighted by atomic mass is 10.1. The minimum atomic E-state index is 0.889. The third-order valence-electron chi connectivity index (χ3n) is 2.27. The molecule has 0 aliphatic carbocycles. The van der Waals surface area contributed by atoms with E-state index in [-0.39, 0.29) is 0 Å². The quantitative estimate of drug-likeness (QED) is 0.738. The van der Waals surface area contributed by atoms with Crippen molar-refractivity contribution in [1.82, 2.24) is 0 Å². The van der Waals surface area contributed by atoms with Crippen LogP contribution in [0, 0.1) is 0 Å². The SMILES string of the molecule is COc1ccc2ccc(CBr)cc2c1. The van der Waals surface area contributed by atoms with Crippen molar-refractivity contribution in [3.05, 3.63) is 42.0 Å². The molecule has 0 amide bonds. The van der Waals surface area contributed by atoms with Gasteiger partial charge in [0.15, 0.2) is 0 Å². The average Bonchev–Trinajstić information content (AvgIpc) is 2.27. The Morgan fingerprint density at radius 3 is 2.57 bits per heavy atom. The van der Waals surface area contributed by atoms with Gasteiger partial charge in [0.1, 0.15) is 5.75 Å². The topological polar surface area (TPSA) is 9.23 Å². The molecule has 0 aliphatic rings. The van der Waals surface area contributed by atoms with Gasteiger partial charge in [0.05, 0.1) is 7.11 Å². The van der Waals surface area contributed by atoms with Gasteiger partial charge in [0, 0.05) is 5.33 Å². The molecule has 0 aromatic heterocycles. The fourth-order valence-electron chi connectivity index (χ4n) is 1.48. The van der Waals surface area contributed by atoms with Gasteiger partial charge in [-0.15, -0.1) is 0 Å². The van der Waals surface area contributed by atoms with Gasteiger partial charge < -0.3 is 4.74 Å². The standard InChI is InChI=1S/C12H11BrO/c1-14-12-5-4-10-3-2-9(8-13)6-11(10)7-12/h2-7H,8H2,1H3. The Bertz CT molecular complexity index is 412. The zero-order chi connectivity index (χ0) is 9.97. The van der Waals surface area contributed by atoms with Gasteiger partial charge in [-0.1, -0.05) is 40.2 Å². The van der Waals surface area contributed by atoms with Crippen molar-refractivity contribution in [3.8, 4) is 5.75 Å². The Morgan fingerprint density at radius 1 is 1.07 bits per heavy atom. The van der Waals surface area contributed by atoms with E-state index in [9.17, 15) is 0 Å². The predicted octanol–water partition coefficient (Wildman–Crippen LogP) is 3.74. The van der Waals surface area contributed by atoms with E-state index in [0.717, 1.165) is 11.1 Å². The number of rotatable bonds is 2. The van der Waals surface area contributed by atoms with Gasteiger partial charge in [-0.2, -0.15) is 0 Å². The van der Waals surface area contributed by atoms with Gasteiger partial charge in [0.2, 0.25) is 0 Å². The van der Waals surface area contributed by atoms with Crippen molar-refractivity contribution in [2.24, 2.45) is 0 Å². The lowest BCUT2D eigenvalue weighted by Crippen LogP contribution is -1.83. The Hall–Kier alpha value is -1.02. The molecule has 2 heteroatoms. The van der Waals surface area contributed by atoms with E-state index < -0.39 is 0 Å². The van der Waals surface area contributed by atoms with Crippen LogP contribution >= 0.6 is 15.9 Å². The maximum absolute atomic E-state index is 5.18. The summed E-state index contributed by atoms with van der Waals surface area (Å²) in [6, 6.07) is 12.5. The summed E-state index contributed by atoms with van der Waals surface area (Å²) in [4.78, 5) is 0. The van der Waals surface area contributed by atoms with E-state index in [1.807, 2.05) is 6.07 Å². The largest absolute Gasteiger partial charge is 0.497 e. The highest BCUT2D eigenvalue weighted by molar-refractivity contribution is 9.08. The summed E-state index contributed by atoms with van der Waals surface area (Å²) in [6.07, 6.45) is 0. The highest BCUT2D eigenvalue weighted by atomic mass is 79.9. The maximum atomic E-state index is 5.18. The minimum absolute atomic E-state index is 0.889. The Labute approximate surface area is 91.8 Å². The van der Waals surface area contributed by atoms with E-state index >= 15 is 0 Å². The van der Waals surface area contributed by atoms with Crippen LogP contribution in [-0.2, 0) is 5.33 Å². The molecule has 0 fully saturated rings. The smallest absolute Gasteiger partial charge is 0.119 e. The van der Waals surface area contributed by atoms with Crippen molar-refractivity contribution in [3.63, 3.8) is 0 Å². The number of ether oxygens (including phenoxy) is 1. The summed E-state index contributed by atoms with van der Waals surface area (Å²) in [6.45, 7) is 0. The molecule has 0 heterocycles. The van der Waals surface area contributed by atoms with Crippen LogP contribution in [0.3, 0.4) is 0 Å². The van der Waals surface area contributed by atoms with E-state index in [0.29, 0.717) is 0 Å². The maximum Gasteiger partial charge on any atom is 0.119 e. The second-order valence-electron chi connectivity index (χ2n) is 3.18. The van der Waals surface area contributed by atoms with Gasteiger partial charge in [0.25, 0.3) is 0 Å². The number of benzene rings is 2. The number of hydrogen-bond donors (Lipinski definition) is 0. The molecule has 0 N–H and O–H groups in total. The third-order valence-corrected chi connectivity index (χ3v) is 2.91. The summed E-state index contributed by atoms with van der Waals surface area (Å²) < 4.78 is 5.18. The summed E-state index contributed by atoms with van der Waals surface area (Å²) in [5, 5.41) is 3.36. The number of fused-ring (bicyclic) bond motifs is 1. The van der Waals surface area contributed by atoms with E-state index in [4.69, 9.17) is 4.74 Å². The van der Waals surface area contributed by atoms with E-state index in [2.05, 4.69) is 46.3 Å². The zero-order valence-corrected chi connectivity index (χ0v) is 9.54. The van der Waals surface area contributed by atoms with Crippen LogP contribution in [0.2, 0.25) is 0 Å². The molecule has 2 rings (SSSR count). The third kappa shape index (κ3) is 1.75. The van der Waals surface area contributed by atoms with Gasteiger partial charge in [-0.05, 0) is 28.5 Å².